The van der Waals surface area contributed by atoms with Crippen LogP contribution in [0.5, 0.6) is 23.0 Å². The lowest BCUT2D eigenvalue weighted by atomic mass is 9.82. The largest absolute Gasteiger partial charge is 0.497 e. The molecule has 2 heterocycles. The Morgan fingerprint density at radius 3 is 2.47 bits per heavy atom. The topological polar surface area (TPSA) is 64.7 Å². The number of hydrogen-bond donors (Lipinski definition) is 2. The highest BCUT2D eigenvalue weighted by Gasteiger charge is 2.34. The summed E-state index contributed by atoms with van der Waals surface area (Å²) < 4.78 is 23.2. The molecule has 0 spiro atoms. The molecule has 188 valence electrons. The third-order valence-electron chi connectivity index (χ3n) is 6.82. The predicted molar refractivity (Wildman–Crippen MR) is 143 cm³/mol. The van der Waals surface area contributed by atoms with E-state index in [2.05, 4.69) is 59.7 Å². The highest BCUT2D eigenvalue weighted by Crippen LogP contribution is 2.45. The molecule has 0 fully saturated rings. The van der Waals surface area contributed by atoms with Crippen molar-refractivity contribution in [1.29, 1.82) is 0 Å². The summed E-state index contributed by atoms with van der Waals surface area (Å²) in [6, 6.07) is 20.7. The van der Waals surface area contributed by atoms with Crippen molar-refractivity contribution < 1.29 is 18.9 Å². The van der Waals surface area contributed by atoms with Crippen molar-refractivity contribution >= 4 is 10.9 Å². The Balaban J connectivity index is 1.63. The summed E-state index contributed by atoms with van der Waals surface area (Å²) in [5.74, 6) is 3.36. The Labute approximate surface area is 212 Å². The van der Waals surface area contributed by atoms with Crippen LogP contribution < -0.4 is 24.3 Å². The molecule has 2 N–H and O–H groups in total. The van der Waals surface area contributed by atoms with Gasteiger partial charge in [-0.05, 0) is 60.9 Å². The van der Waals surface area contributed by atoms with Gasteiger partial charge in [-0.25, -0.2) is 0 Å². The maximum absolute atomic E-state index is 5.99. The van der Waals surface area contributed by atoms with E-state index in [1.807, 2.05) is 25.1 Å². The molecule has 0 aliphatic carbocycles. The van der Waals surface area contributed by atoms with Gasteiger partial charge in [0.15, 0.2) is 11.5 Å². The van der Waals surface area contributed by atoms with Crippen LogP contribution in [0.2, 0.25) is 0 Å². The smallest absolute Gasteiger partial charge is 0.161 e. The highest BCUT2D eigenvalue weighted by molar-refractivity contribution is 5.86. The average Bonchev–Trinajstić information content (AvgIpc) is 3.31. The molecule has 2 atom stereocenters. The van der Waals surface area contributed by atoms with Crippen LogP contribution in [0, 0.1) is 0 Å². The Hall–Kier alpha value is -3.64. The number of ether oxygens (including phenoxy) is 4. The SMILES string of the molecule is CCCOc1ccc(C2CNC(c3cc(OC)ccc3OC)c3[nH]c4ccccc4c32)cc1OCC. The van der Waals surface area contributed by atoms with E-state index in [4.69, 9.17) is 18.9 Å². The first-order valence-electron chi connectivity index (χ1n) is 12.6. The number of benzene rings is 3. The van der Waals surface area contributed by atoms with Crippen molar-refractivity contribution in [2.75, 3.05) is 34.0 Å². The van der Waals surface area contributed by atoms with Crippen molar-refractivity contribution in [3.8, 4) is 23.0 Å². The fourth-order valence-corrected chi connectivity index (χ4v) is 5.18. The Morgan fingerprint density at radius 1 is 0.861 bits per heavy atom. The van der Waals surface area contributed by atoms with Crippen LogP contribution >= 0.6 is 0 Å². The number of aromatic nitrogens is 1. The molecular formula is C30H34N2O4. The van der Waals surface area contributed by atoms with Crippen LogP contribution in [-0.4, -0.2) is 39.0 Å². The van der Waals surface area contributed by atoms with Gasteiger partial charge in [-0.3, -0.25) is 0 Å². The zero-order valence-corrected chi connectivity index (χ0v) is 21.4. The molecule has 0 saturated heterocycles. The van der Waals surface area contributed by atoms with Gasteiger partial charge in [0, 0.05) is 34.6 Å². The average molecular weight is 487 g/mol. The maximum atomic E-state index is 5.99. The van der Waals surface area contributed by atoms with E-state index in [0.717, 1.165) is 52.7 Å². The summed E-state index contributed by atoms with van der Waals surface area (Å²) in [6.07, 6.45) is 0.952. The number of fused-ring (bicyclic) bond motifs is 3. The lowest BCUT2D eigenvalue weighted by Gasteiger charge is -2.32. The van der Waals surface area contributed by atoms with E-state index in [-0.39, 0.29) is 12.0 Å². The fourth-order valence-electron chi connectivity index (χ4n) is 5.18. The predicted octanol–water partition coefficient (Wildman–Crippen LogP) is 6.20. The monoisotopic (exact) mass is 486 g/mol. The van der Waals surface area contributed by atoms with Crippen LogP contribution in [0.1, 0.15) is 54.6 Å². The molecular weight excluding hydrogens is 452 g/mol. The van der Waals surface area contributed by atoms with E-state index in [9.17, 15) is 0 Å². The Morgan fingerprint density at radius 2 is 1.69 bits per heavy atom. The second kappa shape index (κ2) is 10.5. The van der Waals surface area contributed by atoms with E-state index in [0.29, 0.717) is 13.2 Å². The Kier molecular flexibility index (Phi) is 7.05. The first-order valence-corrected chi connectivity index (χ1v) is 12.6. The molecule has 6 nitrogen and oxygen atoms in total. The van der Waals surface area contributed by atoms with Gasteiger partial charge >= 0.3 is 0 Å². The minimum absolute atomic E-state index is 0.0628. The molecule has 0 saturated carbocycles. The molecule has 0 radical (unpaired) electrons. The van der Waals surface area contributed by atoms with Gasteiger partial charge in [-0.1, -0.05) is 31.2 Å². The molecule has 4 aromatic rings. The molecule has 6 heteroatoms. The lowest BCUT2D eigenvalue weighted by molar-refractivity contribution is 0.276. The van der Waals surface area contributed by atoms with Crippen LogP contribution in [-0.2, 0) is 0 Å². The summed E-state index contributed by atoms with van der Waals surface area (Å²) in [7, 11) is 3.40. The molecule has 1 aliphatic rings. The maximum Gasteiger partial charge on any atom is 0.161 e. The van der Waals surface area contributed by atoms with Crippen LogP contribution in [0.4, 0.5) is 0 Å². The quantitative estimate of drug-likeness (QED) is 0.295. The van der Waals surface area contributed by atoms with Crippen molar-refractivity contribution in [3.63, 3.8) is 0 Å². The van der Waals surface area contributed by atoms with E-state index >= 15 is 0 Å². The molecule has 36 heavy (non-hydrogen) atoms. The van der Waals surface area contributed by atoms with Gasteiger partial charge in [0.2, 0.25) is 0 Å². The first kappa shape index (κ1) is 24.1. The third kappa shape index (κ3) is 4.37. The number of para-hydroxylation sites is 1. The number of rotatable bonds is 9. The third-order valence-corrected chi connectivity index (χ3v) is 6.82. The second-order valence-electron chi connectivity index (χ2n) is 8.99. The number of aromatic amines is 1. The molecule has 1 aromatic heterocycles. The summed E-state index contributed by atoms with van der Waals surface area (Å²) in [6.45, 7) is 6.13. The van der Waals surface area contributed by atoms with Gasteiger partial charge in [0.05, 0.1) is 33.5 Å². The molecule has 0 amide bonds. The number of nitrogens with one attached hydrogen (secondary N) is 2. The zero-order valence-electron chi connectivity index (χ0n) is 21.4. The van der Waals surface area contributed by atoms with Crippen molar-refractivity contribution in [2.24, 2.45) is 0 Å². The van der Waals surface area contributed by atoms with E-state index in [1.165, 1.54) is 16.5 Å². The number of H-pyrrole nitrogens is 1. The normalized spacial score (nSPS) is 17.0. The van der Waals surface area contributed by atoms with Crippen LogP contribution in [0.15, 0.2) is 60.7 Å². The number of hydrogen-bond acceptors (Lipinski definition) is 5. The van der Waals surface area contributed by atoms with Crippen LogP contribution in [0.25, 0.3) is 10.9 Å². The summed E-state index contributed by atoms with van der Waals surface area (Å²) >= 11 is 0. The van der Waals surface area contributed by atoms with Crippen molar-refractivity contribution in [2.45, 2.75) is 32.2 Å². The number of methoxy groups -OCH3 is 2. The molecule has 5 rings (SSSR count). The second-order valence-corrected chi connectivity index (χ2v) is 8.99. The van der Waals surface area contributed by atoms with Gasteiger partial charge in [0.1, 0.15) is 11.5 Å². The molecule has 2 unspecified atom stereocenters. The van der Waals surface area contributed by atoms with Gasteiger partial charge in [0.25, 0.3) is 0 Å². The highest BCUT2D eigenvalue weighted by atomic mass is 16.5. The molecule has 1 aliphatic heterocycles. The molecule has 3 aromatic carbocycles. The van der Waals surface area contributed by atoms with E-state index in [1.54, 1.807) is 14.2 Å². The summed E-state index contributed by atoms with van der Waals surface area (Å²) in [5.41, 5.74) is 5.79. The zero-order chi connectivity index (χ0) is 25.1. The fraction of sp³-hybridized carbons (Fsp3) is 0.333. The van der Waals surface area contributed by atoms with Crippen molar-refractivity contribution in [3.05, 3.63) is 83.0 Å². The van der Waals surface area contributed by atoms with Gasteiger partial charge in [-0.15, -0.1) is 0 Å². The minimum Gasteiger partial charge on any atom is -0.497 e. The van der Waals surface area contributed by atoms with Gasteiger partial charge in [-0.2, -0.15) is 0 Å². The molecule has 0 bridgehead atoms. The van der Waals surface area contributed by atoms with Crippen LogP contribution in [0.3, 0.4) is 0 Å². The van der Waals surface area contributed by atoms with E-state index < -0.39 is 0 Å². The lowest BCUT2D eigenvalue weighted by Crippen LogP contribution is -2.34. The minimum atomic E-state index is -0.0628. The Bertz CT molecular complexity index is 1350. The summed E-state index contributed by atoms with van der Waals surface area (Å²) in [4.78, 5) is 3.72. The standard InChI is InChI=1S/C30H34N2O4/c1-5-15-36-26-13-11-19(16-27(26)35-6-2)23-18-31-29(22-17-20(33-3)12-14-25(22)34-4)30-28(23)21-9-7-8-10-24(21)32-30/h7-14,16-17,23,29,31-32H,5-6,15,18H2,1-4H3. The van der Waals surface area contributed by atoms with Crippen molar-refractivity contribution in [1.82, 2.24) is 10.3 Å². The first-order chi connectivity index (χ1) is 17.7. The summed E-state index contributed by atoms with van der Waals surface area (Å²) in [5, 5.41) is 5.02. The van der Waals surface area contributed by atoms with Gasteiger partial charge < -0.3 is 29.2 Å².